The van der Waals surface area contributed by atoms with Crippen molar-refractivity contribution in [1.82, 2.24) is 29.3 Å². The third-order valence-corrected chi connectivity index (χ3v) is 9.66. The highest BCUT2D eigenvalue weighted by Gasteiger charge is 2.35. The van der Waals surface area contributed by atoms with Gasteiger partial charge in [0.05, 0.1) is 29.7 Å². The minimum Gasteiger partial charge on any atom is -0.490 e. The lowest BCUT2D eigenvalue weighted by atomic mass is 10.0. The third kappa shape index (κ3) is 6.11. The number of carbonyl (C=O) groups excluding carboxylic acids is 2. The number of halogens is 1. The normalized spacial score (nSPS) is 15.6. The van der Waals surface area contributed by atoms with Gasteiger partial charge >= 0.3 is 5.69 Å². The van der Waals surface area contributed by atoms with E-state index in [1.54, 1.807) is 33.7 Å². The van der Waals surface area contributed by atoms with Crippen LogP contribution in [0.15, 0.2) is 88.4 Å². The highest BCUT2D eigenvalue weighted by molar-refractivity contribution is 9.10. The van der Waals surface area contributed by atoms with E-state index in [1.165, 1.54) is 10.9 Å². The van der Waals surface area contributed by atoms with E-state index in [-0.39, 0.29) is 49.1 Å². The topological polar surface area (TPSA) is 137 Å². The van der Waals surface area contributed by atoms with E-state index < -0.39 is 5.91 Å². The van der Waals surface area contributed by atoms with Crippen molar-refractivity contribution >= 4 is 33.6 Å². The predicted molar refractivity (Wildman–Crippen MR) is 185 cm³/mol. The highest BCUT2D eigenvalue weighted by Crippen LogP contribution is 2.29. The number of carbonyl (C=O) groups is 2. The number of hydrogen-bond acceptors (Lipinski definition) is 7. The van der Waals surface area contributed by atoms with Gasteiger partial charge in [-0.3, -0.25) is 18.7 Å². The Hall–Kier alpha value is -5.23. The molecule has 48 heavy (non-hydrogen) atoms. The number of hydrogen-bond donors (Lipinski definition) is 2. The molecule has 1 atom stereocenters. The number of ether oxygens (including phenoxy) is 1. The number of amides is 2. The van der Waals surface area contributed by atoms with Crippen LogP contribution in [-0.4, -0.2) is 48.0 Å². The summed E-state index contributed by atoms with van der Waals surface area (Å²) >= 11 is 3.51. The largest absolute Gasteiger partial charge is 0.490 e. The van der Waals surface area contributed by atoms with Crippen molar-refractivity contribution in [2.75, 3.05) is 5.73 Å². The van der Waals surface area contributed by atoms with Gasteiger partial charge in [0.2, 0.25) is 0 Å². The Morgan fingerprint density at radius 3 is 2.54 bits per heavy atom. The van der Waals surface area contributed by atoms with E-state index in [0.717, 1.165) is 34.0 Å². The second kappa shape index (κ2) is 12.8. The van der Waals surface area contributed by atoms with Crippen molar-refractivity contribution in [3.05, 3.63) is 122 Å². The first-order valence-corrected chi connectivity index (χ1v) is 16.6. The predicted octanol–water partition coefficient (Wildman–Crippen LogP) is 5.26. The van der Waals surface area contributed by atoms with Crippen LogP contribution in [0.2, 0.25) is 0 Å². The lowest BCUT2D eigenvalue weighted by Gasteiger charge is -2.34. The van der Waals surface area contributed by atoms with E-state index in [4.69, 9.17) is 10.5 Å². The molecule has 3 N–H and O–H groups in total. The number of nitrogen functional groups attached to an aromatic ring is 1. The van der Waals surface area contributed by atoms with E-state index in [2.05, 4.69) is 31.2 Å². The summed E-state index contributed by atoms with van der Waals surface area (Å²) in [6.45, 7) is 4.32. The summed E-state index contributed by atoms with van der Waals surface area (Å²) in [5, 5.41) is 3.04. The average Bonchev–Trinajstić information content (AvgIpc) is 3.86. The fourth-order valence-electron chi connectivity index (χ4n) is 6.06. The summed E-state index contributed by atoms with van der Waals surface area (Å²) in [7, 11) is 0. The standard InChI is InChI=1S/C36H34BrN7O4/c1-21-15-23(7-14-29(21)37)35(46)42-19-31-33(34(45)39-17-24-5-3-4-6-28(24)30-16-32(38)41-20-40-30)44(36(47)43(31)18-22(42)2)25-8-10-26(11-9-25)48-27-12-13-27/h3-11,14-16,20,22,27H,12-13,17-19H2,1-2H3,(H,39,45)(H2,38,40,41). The van der Waals surface area contributed by atoms with Crippen LogP contribution < -0.4 is 21.5 Å². The van der Waals surface area contributed by atoms with Crippen molar-refractivity contribution in [3.8, 4) is 22.7 Å². The van der Waals surface area contributed by atoms with Crippen molar-refractivity contribution in [3.63, 3.8) is 0 Å². The van der Waals surface area contributed by atoms with Gasteiger partial charge in [-0.2, -0.15) is 0 Å². The number of rotatable bonds is 8. The molecule has 2 aromatic heterocycles. The molecule has 0 spiro atoms. The number of aromatic nitrogens is 4. The molecule has 1 aliphatic carbocycles. The molecule has 2 aliphatic rings. The Kier molecular flexibility index (Phi) is 8.34. The molecule has 2 amide bonds. The van der Waals surface area contributed by atoms with Gasteiger partial charge in [0.1, 0.15) is 23.6 Å². The van der Waals surface area contributed by atoms with Crippen molar-refractivity contribution in [1.29, 1.82) is 0 Å². The molecule has 0 saturated heterocycles. The van der Waals surface area contributed by atoms with Gasteiger partial charge in [-0.05, 0) is 80.3 Å². The molecule has 0 radical (unpaired) electrons. The maximum atomic E-state index is 14.3. The van der Waals surface area contributed by atoms with Crippen LogP contribution in [0.4, 0.5) is 5.82 Å². The molecular weight excluding hydrogens is 674 g/mol. The number of nitrogens with two attached hydrogens (primary N) is 1. The summed E-state index contributed by atoms with van der Waals surface area (Å²) in [4.78, 5) is 52.3. The molecule has 244 valence electrons. The van der Waals surface area contributed by atoms with Crippen molar-refractivity contribution in [2.45, 2.75) is 58.5 Å². The first-order valence-electron chi connectivity index (χ1n) is 15.8. The summed E-state index contributed by atoms with van der Waals surface area (Å²) in [5.41, 5.74) is 10.5. The van der Waals surface area contributed by atoms with E-state index in [0.29, 0.717) is 34.2 Å². The SMILES string of the molecule is Cc1cc(C(=O)N2Cc3c(C(=O)NCc4ccccc4-c4cc(N)ncn4)n(-c4ccc(OC5CC5)cc4)c(=O)n3CC2C)ccc1Br. The number of benzene rings is 3. The molecule has 3 heterocycles. The molecule has 1 fully saturated rings. The maximum absolute atomic E-state index is 14.3. The number of nitrogens with zero attached hydrogens (tertiary/aromatic N) is 5. The van der Waals surface area contributed by atoms with E-state index in [1.807, 2.05) is 62.4 Å². The van der Waals surface area contributed by atoms with Gasteiger partial charge in [-0.1, -0.05) is 40.2 Å². The monoisotopic (exact) mass is 707 g/mol. The molecule has 5 aromatic rings. The van der Waals surface area contributed by atoms with Gasteiger partial charge < -0.3 is 20.7 Å². The number of fused-ring (bicyclic) bond motifs is 1. The lowest BCUT2D eigenvalue weighted by molar-refractivity contribution is 0.0610. The molecule has 11 nitrogen and oxygen atoms in total. The van der Waals surface area contributed by atoms with Crippen LogP contribution in [-0.2, 0) is 19.6 Å². The Morgan fingerprint density at radius 1 is 1.04 bits per heavy atom. The van der Waals surface area contributed by atoms with Crippen LogP contribution in [0, 0.1) is 6.92 Å². The number of anilines is 1. The highest BCUT2D eigenvalue weighted by atomic mass is 79.9. The van der Waals surface area contributed by atoms with Gasteiger partial charge in [-0.25, -0.2) is 14.8 Å². The first-order chi connectivity index (χ1) is 23.2. The van der Waals surface area contributed by atoms with E-state index in [9.17, 15) is 14.4 Å². The molecule has 0 bridgehead atoms. The third-order valence-electron chi connectivity index (χ3n) is 8.77. The second-order valence-electron chi connectivity index (χ2n) is 12.2. The first kappa shape index (κ1) is 31.4. The number of aryl methyl sites for hydroxylation is 1. The van der Waals surface area contributed by atoms with Crippen molar-refractivity contribution in [2.24, 2.45) is 0 Å². The summed E-state index contributed by atoms with van der Waals surface area (Å²) < 4.78 is 9.89. The smallest absolute Gasteiger partial charge is 0.333 e. The molecule has 1 aliphatic heterocycles. The van der Waals surface area contributed by atoms with Gasteiger partial charge in [0.25, 0.3) is 11.8 Å². The van der Waals surface area contributed by atoms with Crippen LogP contribution in [0.1, 0.15) is 57.4 Å². The van der Waals surface area contributed by atoms with Gasteiger partial charge in [0, 0.05) is 40.8 Å². The second-order valence-corrected chi connectivity index (χ2v) is 13.1. The van der Waals surface area contributed by atoms with Crippen LogP contribution in [0.5, 0.6) is 5.75 Å². The Bertz CT molecular complexity index is 2100. The number of nitrogens with one attached hydrogen (secondary N) is 1. The Labute approximate surface area is 285 Å². The fraction of sp³-hybridized carbons (Fsp3) is 0.250. The minimum atomic E-state index is -0.447. The lowest BCUT2D eigenvalue weighted by Crippen LogP contribution is -2.47. The van der Waals surface area contributed by atoms with Crippen LogP contribution in [0.3, 0.4) is 0 Å². The van der Waals surface area contributed by atoms with Gasteiger partial charge in [0.15, 0.2) is 0 Å². The Morgan fingerprint density at radius 2 is 1.81 bits per heavy atom. The molecule has 1 unspecified atom stereocenters. The zero-order chi connectivity index (χ0) is 33.5. The molecular formula is C36H34BrN7O4. The molecule has 7 rings (SSSR count). The average molecular weight is 709 g/mol. The Balaban J connectivity index is 1.26. The summed E-state index contributed by atoms with van der Waals surface area (Å²) in [6.07, 6.45) is 3.68. The maximum Gasteiger partial charge on any atom is 0.333 e. The molecule has 12 heteroatoms. The summed E-state index contributed by atoms with van der Waals surface area (Å²) in [5.74, 6) is 0.429. The zero-order valence-corrected chi connectivity index (χ0v) is 28.1. The zero-order valence-electron chi connectivity index (χ0n) is 26.5. The van der Waals surface area contributed by atoms with Crippen LogP contribution >= 0.6 is 15.9 Å². The van der Waals surface area contributed by atoms with Gasteiger partial charge in [-0.15, -0.1) is 0 Å². The van der Waals surface area contributed by atoms with E-state index >= 15 is 0 Å². The number of imidazole rings is 1. The molecule has 1 saturated carbocycles. The van der Waals surface area contributed by atoms with Crippen LogP contribution in [0.25, 0.3) is 16.9 Å². The fourth-order valence-corrected chi connectivity index (χ4v) is 6.31. The minimum absolute atomic E-state index is 0.0831. The summed E-state index contributed by atoms with van der Waals surface area (Å²) in [6, 6.07) is 21.6. The quantitative estimate of drug-likeness (QED) is 0.224. The van der Waals surface area contributed by atoms with Crippen molar-refractivity contribution < 1.29 is 14.3 Å². The molecule has 3 aromatic carbocycles.